The second-order valence-electron chi connectivity index (χ2n) is 6.14. The molecule has 25 heavy (non-hydrogen) atoms. The van der Waals surface area contributed by atoms with Crippen LogP contribution in [-0.4, -0.2) is 36.7 Å². The van der Waals surface area contributed by atoms with E-state index in [9.17, 15) is 4.79 Å². The number of nitrogens with one attached hydrogen (secondary N) is 1. The van der Waals surface area contributed by atoms with Crippen LogP contribution in [0.5, 0.6) is 0 Å². The number of aromatic nitrogens is 5. The molecule has 126 valence electrons. The summed E-state index contributed by atoms with van der Waals surface area (Å²) in [6.45, 7) is 2.62. The molecule has 0 spiro atoms. The van der Waals surface area contributed by atoms with Crippen molar-refractivity contribution in [2.75, 3.05) is 0 Å². The Labute approximate surface area is 145 Å². The Morgan fingerprint density at radius 3 is 2.68 bits per heavy atom. The molecule has 0 aliphatic carbocycles. The van der Waals surface area contributed by atoms with Gasteiger partial charge in [0.05, 0.1) is 5.56 Å². The Hall–Kier alpha value is -3.09. The lowest BCUT2D eigenvalue weighted by Crippen LogP contribution is -2.41. The average molecular weight is 334 g/mol. The molecule has 0 bridgehead atoms. The molecular formula is C18H18N6O. The molecule has 1 aliphatic heterocycles. The van der Waals surface area contributed by atoms with Crippen molar-refractivity contribution in [3.8, 4) is 11.4 Å². The molecule has 1 aromatic carbocycles. The average Bonchev–Trinajstić information content (AvgIpc) is 3.03. The minimum absolute atomic E-state index is 0.0588. The molecule has 3 heterocycles. The van der Waals surface area contributed by atoms with Crippen molar-refractivity contribution in [3.05, 3.63) is 59.9 Å². The molecule has 0 fully saturated rings. The van der Waals surface area contributed by atoms with Gasteiger partial charge in [0.1, 0.15) is 11.6 Å². The van der Waals surface area contributed by atoms with Gasteiger partial charge in [-0.1, -0.05) is 30.3 Å². The third-order valence-corrected chi connectivity index (χ3v) is 4.41. The number of nitrogens with zero attached hydrogens (tertiary/aromatic N) is 5. The van der Waals surface area contributed by atoms with Gasteiger partial charge in [-0.2, -0.15) is 0 Å². The van der Waals surface area contributed by atoms with E-state index >= 15 is 0 Å². The van der Waals surface area contributed by atoms with E-state index in [0.29, 0.717) is 17.9 Å². The molecule has 1 aliphatic rings. The van der Waals surface area contributed by atoms with Crippen LogP contribution in [0, 0.1) is 6.92 Å². The van der Waals surface area contributed by atoms with Crippen LogP contribution in [0.3, 0.4) is 0 Å². The van der Waals surface area contributed by atoms with Gasteiger partial charge in [0.2, 0.25) is 0 Å². The lowest BCUT2D eigenvalue weighted by molar-refractivity contribution is 0.0926. The fourth-order valence-electron chi connectivity index (χ4n) is 3.03. The predicted octanol–water partition coefficient (Wildman–Crippen LogP) is 1.79. The maximum absolute atomic E-state index is 12.5. The summed E-state index contributed by atoms with van der Waals surface area (Å²) in [5, 5.41) is 11.3. The topological polar surface area (TPSA) is 85.6 Å². The first-order valence-electron chi connectivity index (χ1n) is 8.28. The smallest absolute Gasteiger partial charge is 0.254 e. The third-order valence-electron chi connectivity index (χ3n) is 4.41. The Morgan fingerprint density at radius 1 is 1.16 bits per heavy atom. The number of fused-ring (bicyclic) bond motifs is 1. The van der Waals surface area contributed by atoms with Crippen molar-refractivity contribution >= 4 is 5.91 Å². The summed E-state index contributed by atoms with van der Waals surface area (Å²) in [5.41, 5.74) is 1.39. The highest BCUT2D eigenvalue weighted by Crippen LogP contribution is 2.16. The molecule has 7 heteroatoms. The summed E-state index contributed by atoms with van der Waals surface area (Å²) in [4.78, 5) is 21.1. The van der Waals surface area contributed by atoms with Crippen LogP contribution in [-0.2, 0) is 13.0 Å². The molecule has 0 saturated carbocycles. The fourth-order valence-corrected chi connectivity index (χ4v) is 3.03. The Kier molecular flexibility index (Phi) is 3.97. The van der Waals surface area contributed by atoms with Crippen LogP contribution in [0.4, 0.5) is 0 Å². The summed E-state index contributed by atoms with van der Waals surface area (Å²) in [6.07, 6.45) is 4.81. The van der Waals surface area contributed by atoms with E-state index < -0.39 is 0 Å². The number of rotatable bonds is 3. The Bertz CT molecular complexity index is 888. The van der Waals surface area contributed by atoms with Crippen LogP contribution in [0.2, 0.25) is 0 Å². The number of hydrogen-bond donors (Lipinski definition) is 1. The Balaban J connectivity index is 1.44. The second-order valence-corrected chi connectivity index (χ2v) is 6.14. The lowest BCUT2D eigenvalue weighted by Gasteiger charge is -2.24. The molecule has 3 aromatic rings. The van der Waals surface area contributed by atoms with E-state index in [1.165, 1.54) is 0 Å². The van der Waals surface area contributed by atoms with Gasteiger partial charge in [-0.05, 0) is 13.3 Å². The summed E-state index contributed by atoms with van der Waals surface area (Å²) in [6, 6.07) is 9.75. The minimum Gasteiger partial charge on any atom is -0.347 e. The van der Waals surface area contributed by atoms with Crippen LogP contribution in [0.1, 0.15) is 28.4 Å². The maximum Gasteiger partial charge on any atom is 0.254 e. The Morgan fingerprint density at radius 2 is 1.92 bits per heavy atom. The molecule has 0 unspecified atom stereocenters. The first-order valence-corrected chi connectivity index (χ1v) is 8.28. The number of amides is 1. The van der Waals surface area contributed by atoms with E-state index in [4.69, 9.17) is 0 Å². The van der Waals surface area contributed by atoms with Crippen molar-refractivity contribution in [1.29, 1.82) is 0 Å². The standard InChI is InChI=1S/C18H18N6O/c1-12-22-23-16-8-7-15(11-24(12)16)21-18(25)14-9-19-17(20-10-14)13-5-3-2-4-6-13/h2-6,9-10,15H,7-8,11H2,1H3,(H,21,25)/t15-/m1/s1. The van der Waals surface area contributed by atoms with E-state index in [1.54, 1.807) is 12.4 Å². The molecule has 2 aromatic heterocycles. The van der Waals surface area contributed by atoms with Crippen LogP contribution in [0.15, 0.2) is 42.7 Å². The van der Waals surface area contributed by atoms with Gasteiger partial charge < -0.3 is 9.88 Å². The van der Waals surface area contributed by atoms with Gasteiger partial charge in [0.15, 0.2) is 5.82 Å². The monoisotopic (exact) mass is 334 g/mol. The lowest BCUT2D eigenvalue weighted by atomic mass is 10.1. The largest absolute Gasteiger partial charge is 0.347 e. The summed E-state index contributed by atoms with van der Waals surface area (Å²) in [7, 11) is 0. The SMILES string of the molecule is Cc1nnc2n1C[C@H](NC(=O)c1cnc(-c3ccccc3)nc1)CC2. The van der Waals surface area contributed by atoms with Gasteiger partial charge >= 0.3 is 0 Å². The van der Waals surface area contributed by atoms with Crippen molar-refractivity contribution < 1.29 is 4.79 Å². The van der Waals surface area contributed by atoms with Crippen molar-refractivity contribution in [1.82, 2.24) is 30.0 Å². The van der Waals surface area contributed by atoms with Crippen molar-refractivity contribution in [3.63, 3.8) is 0 Å². The normalized spacial score (nSPS) is 16.3. The summed E-state index contributed by atoms with van der Waals surface area (Å²) >= 11 is 0. The van der Waals surface area contributed by atoms with Crippen LogP contribution in [0.25, 0.3) is 11.4 Å². The molecule has 1 N–H and O–H groups in total. The van der Waals surface area contributed by atoms with E-state index in [1.807, 2.05) is 37.3 Å². The number of carbonyl (C=O) groups excluding carboxylic acids is 1. The van der Waals surface area contributed by atoms with Crippen molar-refractivity contribution in [2.24, 2.45) is 0 Å². The quantitative estimate of drug-likeness (QED) is 0.789. The number of hydrogen-bond acceptors (Lipinski definition) is 5. The molecule has 4 rings (SSSR count). The van der Waals surface area contributed by atoms with Gasteiger partial charge in [-0.15, -0.1) is 10.2 Å². The van der Waals surface area contributed by atoms with Crippen LogP contribution < -0.4 is 5.32 Å². The van der Waals surface area contributed by atoms with E-state index in [2.05, 4.69) is 30.0 Å². The second kappa shape index (κ2) is 6.43. The molecule has 0 saturated heterocycles. The van der Waals surface area contributed by atoms with Crippen molar-refractivity contribution in [2.45, 2.75) is 32.4 Å². The van der Waals surface area contributed by atoms with Gasteiger partial charge in [0, 0.05) is 37.0 Å². The predicted molar refractivity (Wildman–Crippen MR) is 91.8 cm³/mol. The third kappa shape index (κ3) is 3.13. The summed E-state index contributed by atoms with van der Waals surface area (Å²) in [5.74, 6) is 2.32. The zero-order valence-electron chi connectivity index (χ0n) is 13.9. The fraction of sp³-hybridized carbons (Fsp3) is 0.278. The highest BCUT2D eigenvalue weighted by atomic mass is 16.1. The highest BCUT2D eigenvalue weighted by molar-refractivity contribution is 5.93. The van der Waals surface area contributed by atoms with E-state index in [-0.39, 0.29) is 11.9 Å². The van der Waals surface area contributed by atoms with Gasteiger partial charge in [-0.25, -0.2) is 9.97 Å². The van der Waals surface area contributed by atoms with Gasteiger partial charge in [0.25, 0.3) is 5.91 Å². The number of benzene rings is 1. The maximum atomic E-state index is 12.5. The highest BCUT2D eigenvalue weighted by Gasteiger charge is 2.23. The molecule has 1 amide bonds. The minimum atomic E-state index is -0.154. The number of aryl methyl sites for hydroxylation is 2. The first-order chi connectivity index (χ1) is 12.2. The molecule has 0 radical (unpaired) electrons. The zero-order valence-corrected chi connectivity index (χ0v) is 13.9. The van der Waals surface area contributed by atoms with Crippen LogP contribution >= 0.6 is 0 Å². The van der Waals surface area contributed by atoms with E-state index in [0.717, 1.165) is 30.1 Å². The molecule has 7 nitrogen and oxygen atoms in total. The summed E-state index contributed by atoms with van der Waals surface area (Å²) < 4.78 is 2.06. The molecule has 1 atom stereocenters. The number of carbonyl (C=O) groups is 1. The molecular weight excluding hydrogens is 316 g/mol. The zero-order chi connectivity index (χ0) is 17.2. The first kappa shape index (κ1) is 15.4. The van der Waals surface area contributed by atoms with Gasteiger partial charge in [-0.3, -0.25) is 4.79 Å².